The summed E-state index contributed by atoms with van der Waals surface area (Å²) >= 11 is 7.32. The van der Waals surface area contributed by atoms with Gasteiger partial charge in [0.15, 0.2) is 11.5 Å². The second kappa shape index (κ2) is 8.37. The molecule has 0 aliphatic rings. The number of urea groups is 1. The molecule has 0 aliphatic heterocycles. The van der Waals surface area contributed by atoms with Gasteiger partial charge in [0.05, 0.1) is 15.6 Å². The van der Waals surface area contributed by atoms with Crippen molar-refractivity contribution in [1.29, 1.82) is 0 Å². The van der Waals surface area contributed by atoms with Crippen molar-refractivity contribution in [1.82, 2.24) is 19.8 Å². The van der Waals surface area contributed by atoms with Gasteiger partial charge in [-0.1, -0.05) is 29.8 Å². The smallest absolute Gasteiger partial charge is 0.308 e. The molecule has 0 aliphatic carbocycles. The molecular formula is C22H14ClFN6OS. The number of hydrogen-bond donors (Lipinski definition) is 2. The van der Waals surface area contributed by atoms with Crippen LogP contribution >= 0.6 is 22.9 Å². The number of carbonyl (C=O) groups excluding carboxylic acids is 1. The number of halogens is 2. The lowest BCUT2D eigenvalue weighted by Gasteiger charge is -2.10. The van der Waals surface area contributed by atoms with Gasteiger partial charge in [-0.05, 0) is 53.9 Å². The minimum atomic E-state index is -0.551. The van der Waals surface area contributed by atoms with Crippen molar-refractivity contribution in [3.63, 3.8) is 0 Å². The van der Waals surface area contributed by atoms with E-state index >= 15 is 0 Å². The van der Waals surface area contributed by atoms with Crippen LogP contribution in [0.2, 0.25) is 5.02 Å². The number of rotatable bonds is 4. The van der Waals surface area contributed by atoms with Crippen LogP contribution in [0.4, 0.5) is 20.6 Å². The topological polar surface area (TPSA) is 84.2 Å². The first kappa shape index (κ1) is 20.1. The molecule has 0 atom stereocenters. The molecule has 2 amide bonds. The SMILES string of the molecule is O=C(Nc1cccc(-c2ccc3nnc(-c4cccs4)n3n2)c1)Nc1ccc(F)c(Cl)c1. The van der Waals surface area contributed by atoms with E-state index in [-0.39, 0.29) is 5.02 Å². The summed E-state index contributed by atoms with van der Waals surface area (Å²) in [6.45, 7) is 0. The van der Waals surface area contributed by atoms with Gasteiger partial charge in [0.25, 0.3) is 0 Å². The van der Waals surface area contributed by atoms with Crippen LogP contribution in [0, 0.1) is 5.82 Å². The van der Waals surface area contributed by atoms with Gasteiger partial charge in [-0.25, -0.2) is 9.18 Å². The second-order valence-electron chi connectivity index (χ2n) is 6.78. The standard InChI is InChI=1S/C22H14ClFN6OS/c23-16-12-15(6-7-17(16)24)26-22(31)25-14-4-1-3-13(11-14)18-8-9-20-27-28-21(30(20)29-18)19-5-2-10-32-19/h1-12H,(H2,25,26,31). The largest absolute Gasteiger partial charge is 0.323 e. The van der Waals surface area contributed by atoms with Gasteiger partial charge in [-0.15, -0.1) is 21.5 Å². The van der Waals surface area contributed by atoms with Crippen molar-refractivity contribution in [3.05, 3.63) is 82.9 Å². The maximum absolute atomic E-state index is 13.3. The Morgan fingerprint density at radius 1 is 0.969 bits per heavy atom. The summed E-state index contributed by atoms with van der Waals surface area (Å²) in [5, 5.41) is 20.4. The fraction of sp³-hybridized carbons (Fsp3) is 0. The van der Waals surface area contributed by atoms with E-state index in [9.17, 15) is 9.18 Å². The summed E-state index contributed by atoms with van der Waals surface area (Å²) in [4.78, 5) is 13.3. The Kier molecular flexibility index (Phi) is 5.26. The average molecular weight is 465 g/mol. The van der Waals surface area contributed by atoms with Crippen LogP contribution < -0.4 is 10.6 Å². The van der Waals surface area contributed by atoms with Gasteiger partial charge in [0.1, 0.15) is 5.82 Å². The molecule has 0 unspecified atom stereocenters. The quantitative estimate of drug-likeness (QED) is 0.344. The lowest BCUT2D eigenvalue weighted by atomic mass is 10.1. The van der Waals surface area contributed by atoms with Crippen molar-refractivity contribution < 1.29 is 9.18 Å². The van der Waals surface area contributed by atoms with Gasteiger partial charge in [0.2, 0.25) is 0 Å². The highest BCUT2D eigenvalue weighted by atomic mass is 35.5. The number of fused-ring (bicyclic) bond motifs is 1. The lowest BCUT2D eigenvalue weighted by molar-refractivity contribution is 0.262. The zero-order valence-corrected chi connectivity index (χ0v) is 17.9. The van der Waals surface area contributed by atoms with Gasteiger partial charge in [-0.2, -0.15) is 9.61 Å². The van der Waals surface area contributed by atoms with Crippen molar-refractivity contribution >= 4 is 46.0 Å². The van der Waals surface area contributed by atoms with E-state index in [0.717, 1.165) is 10.4 Å². The Morgan fingerprint density at radius 2 is 1.81 bits per heavy atom. The molecule has 158 valence electrons. The molecule has 32 heavy (non-hydrogen) atoms. The fourth-order valence-corrected chi connectivity index (χ4v) is 4.00. The van der Waals surface area contributed by atoms with Crippen LogP contribution in [0.3, 0.4) is 0 Å². The van der Waals surface area contributed by atoms with Crippen molar-refractivity contribution in [2.75, 3.05) is 10.6 Å². The summed E-state index contributed by atoms with van der Waals surface area (Å²) in [5.74, 6) is 0.119. The van der Waals surface area contributed by atoms with E-state index in [1.807, 2.05) is 41.8 Å². The van der Waals surface area contributed by atoms with Crippen molar-refractivity contribution in [3.8, 4) is 22.0 Å². The third-order valence-corrected chi connectivity index (χ3v) is 5.75. The zero-order valence-electron chi connectivity index (χ0n) is 16.3. The molecule has 0 radical (unpaired) electrons. The molecule has 3 heterocycles. The van der Waals surface area contributed by atoms with Crippen LogP contribution in [-0.4, -0.2) is 25.8 Å². The summed E-state index contributed by atoms with van der Waals surface area (Å²) in [6.07, 6.45) is 0. The Bertz CT molecular complexity index is 1440. The summed E-state index contributed by atoms with van der Waals surface area (Å²) in [5.41, 5.74) is 3.09. The molecule has 2 N–H and O–H groups in total. The number of carbonyl (C=O) groups is 1. The number of benzene rings is 2. The minimum absolute atomic E-state index is 0.0674. The maximum atomic E-state index is 13.3. The number of thiophene rings is 1. The number of hydrogen-bond acceptors (Lipinski definition) is 5. The second-order valence-corrected chi connectivity index (χ2v) is 8.13. The number of aromatic nitrogens is 4. The molecule has 7 nitrogen and oxygen atoms in total. The van der Waals surface area contributed by atoms with Gasteiger partial charge < -0.3 is 10.6 Å². The Balaban J connectivity index is 1.39. The summed E-state index contributed by atoms with van der Waals surface area (Å²) in [7, 11) is 0. The van der Waals surface area contributed by atoms with Crippen molar-refractivity contribution in [2.24, 2.45) is 0 Å². The Labute approximate surface area is 190 Å². The van der Waals surface area contributed by atoms with Crippen LogP contribution in [0.1, 0.15) is 0 Å². The van der Waals surface area contributed by atoms with Crippen LogP contribution in [0.15, 0.2) is 72.1 Å². The molecule has 0 spiro atoms. The Morgan fingerprint density at radius 3 is 2.59 bits per heavy atom. The molecule has 5 aromatic rings. The van der Waals surface area contributed by atoms with Gasteiger partial charge in [0, 0.05) is 16.9 Å². The van der Waals surface area contributed by atoms with Gasteiger partial charge in [-0.3, -0.25) is 0 Å². The summed E-state index contributed by atoms with van der Waals surface area (Å²) in [6, 6.07) is 18.4. The average Bonchev–Trinajstić information content (AvgIpc) is 3.45. The van der Waals surface area contributed by atoms with E-state index in [2.05, 4.69) is 25.9 Å². The normalized spacial score (nSPS) is 10.9. The van der Waals surface area contributed by atoms with Crippen LogP contribution in [0.25, 0.3) is 27.6 Å². The lowest BCUT2D eigenvalue weighted by Crippen LogP contribution is -2.19. The van der Waals surface area contributed by atoms with Crippen LogP contribution in [-0.2, 0) is 0 Å². The number of amides is 2. The first-order valence-corrected chi connectivity index (χ1v) is 10.7. The number of anilines is 2. The highest BCUT2D eigenvalue weighted by molar-refractivity contribution is 7.13. The van der Waals surface area contributed by atoms with E-state index in [1.54, 1.807) is 28.0 Å². The Hall–Kier alpha value is -3.82. The highest BCUT2D eigenvalue weighted by Gasteiger charge is 2.12. The molecule has 3 aromatic heterocycles. The predicted octanol–water partition coefficient (Wildman–Crippen LogP) is 5.96. The monoisotopic (exact) mass is 464 g/mol. The zero-order chi connectivity index (χ0) is 22.1. The third-order valence-electron chi connectivity index (χ3n) is 4.60. The molecule has 0 saturated carbocycles. The molecule has 0 saturated heterocycles. The van der Waals surface area contributed by atoms with E-state index in [4.69, 9.17) is 11.6 Å². The first-order chi connectivity index (χ1) is 15.6. The molecular weight excluding hydrogens is 451 g/mol. The molecule has 0 bridgehead atoms. The summed E-state index contributed by atoms with van der Waals surface area (Å²) < 4.78 is 15.0. The molecule has 0 fully saturated rings. The first-order valence-electron chi connectivity index (χ1n) is 9.47. The molecule has 5 rings (SSSR count). The number of nitrogens with one attached hydrogen (secondary N) is 2. The number of nitrogens with zero attached hydrogens (tertiary/aromatic N) is 4. The van der Waals surface area contributed by atoms with Gasteiger partial charge >= 0.3 is 6.03 Å². The van der Waals surface area contributed by atoms with E-state index < -0.39 is 11.8 Å². The molecule has 2 aromatic carbocycles. The molecule has 10 heteroatoms. The van der Waals surface area contributed by atoms with Crippen molar-refractivity contribution in [2.45, 2.75) is 0 Å². The van der Waals surface area contributed by atoms with E-state index in [0.29, 0.717) is 28.5 Å². The van der Waals surface area contributed by atoms with E-state index in [1.165, 1.54) is 18.2 Å². The highest BCUT2D eigenvalue weighted by Crippen LogP contribution is 2.26. The fourth-order valence-electron chi connectivity index (χ4n) is 3.13. The minimum Gasteiger partial charge on any atom is -0.308 e. The van der Waals surface area contributed by atoms with Crippen LogP contribution in [0.5, 0.6) is 0 Å². The predicted molar refractivity (Wildman–Crippen MR) is 124 cm³/mol. The maximum Gasteiger partial charge on any atom is 0.323 e. The third kappa shape index (κ3) is 4.03.